The van der Waals surface area contributed by atoms with E-state index in [1.807, 2.05) is 19.0 Å². The van der Waals surface area contributed by atoms with Crippen LogP contribution in [0.15, 0.2) is 3.39 Å². The van der Waals surface area contributed by atoms with Crippen molar-refractivity contribution in [2.75, 3.05) is 18.6 Å². The van der Waals surface area contributed by atoms with Gasteiger partial charge in [0.15, 0.2) is 0 Å². The van der Waals surface area contributed by atoms with Gasteiger partial charge in [-0.2, -0.15) is 0 Å². The van der Waals surface area contributed by atoms with Gasteiger partial charge in [-0.15, -0.1) is 0 Å². The molecule has 7 heavy (non-hydrogen) atoms. The molecule has 0 aromatic rings. The van der Waals surface area contributed by atoms with Crippen molar-refractivity contribution in [1.82, 2.24) is 4.90 Å². The van der Waals surface area contributed by atoms with E-state index in [4.69, 9.17) is 0 Å². The van der Waals surface area contributed by atoms with E-state index in [0.29, 0.717) is 0 Å². The molecule has 0 aliphatic heterocycles. The van der Waals surface area contributed by atoms with Crippen molar-refractivity contribution >= 4 is 0 Å². The van der Waals surface area contributed by atoms with Crippen LogP contribution >= 0.6 is 0 Å². The fraction of sp³-hybridized carbons (Fsp3) is 1.00. The third-order valence-electron chi connectivity index (χ3n) is 0.341. The summed E-state index contributed by atoms with van der Waals surface area (Å²) in [6.45, 7) is 0. The zero-order chi connectivity index (χ0) is 5.70. The van der Waals surface area contributed by atoms with E-state index in [1.54, 1.807) is 0 Å². The van der Waals surface area contributed by atoms with E-state index in [-0.39, 0.29) is 0 Å². The van der Waals surface area contributed by atoms with Crippen LogP contribution in [0.3, 0.4) is 0 Å². The van der Waals surface area contributed by atoms with Gasteiger partial charge in [0.2, 0.25) is 0 Å². The minimum atomic E-state index is -0.417. The van der Waals surface area contributed by atoms with E-state index in [9.17, 15) is 4.91 Å². The number of nitrogens with zero attached hydrogens (tertiary/aromatic N) is 2. The van der Waals surface area contributed by atoms with Crippen LogP contribution in [-0.2, 0) is 0 Å². The molecule has 0 saturated carbocycles. The van der Waals surface area contributed by atoms with Crippen LogP contribution in [-0.4, -0.2) is 23.5 Å². The zero-order valence-corrected chi connectivity index (χ0v) is 6.55. The summed E-state index contributed by atoms with van der Waals surface area (Å²) in [7, 11) is 3.87. The molecule has 0 radical (unpaired) electrons. The number of nitroso groups, excluding NO2 is 1. The second-order valence-electron chi connectivity index (χ2n) is 1.39. The van der Waals surface area contributed by atoms with Gasteiger partial charge < -0.3 is 0 Å². The summed E-state index contributed by atoms with van der Waals surface area (Å²) in [5.41, 5.74) is 0. The molecule has 0 amide bonds. The van der Waals surface area contributed by atoms with Crippen LogP contribution in [0.5, 0.6) is 0 Å². The summed E-state index contributed by atoms with van der Waals surface area (Å²) in [5, 5.41) is 0. The Kier molecular flexibility index (Phi) is 4.63. The SMILES string of the molecule is CN(C)C[I-]N=O. The van der Waals surface area contributed by atoms with Crippen molar-refractivity contribution in [1.29, 1.82) is 0 Å². The first-order valence-electron chi connectivity index (χ1n) is 1.83. The van der Waals surface area contributed by atoms with Crippen molar-refractivity contribution in [3.63, 3.8) is 0 Å². The zero-order valence-electron chi connectivity index (χ0n) is 4.39. The van der Waals surface area contributed by atoms with E-state index >= 15 is 0 Å². The van der Waals surface area contributed by atoms with Crippen LogP contribution in [0.25, 0.3) is 0 Å². The first kappa shape index (κ1) is 7.29. The fourth-order valence-corrected chi connectivity index (χ4v) is 0.864. The standard InChI is InChI=1S/C3H8IN2O/c1-6(2)3-4-5-7/h3H2,1-2H3/q-1. The van der Waals surface area contributed by atoms with Gasteiger partial charge in [0.1, 0.15) is 0 Å². The van der Waals surface area contributed by atoms with Gasteiger partial charge in [-0.25, -0.2) is 0 Å². The van der Waals surface area contributed by atoms with Gasteiger partial charge in [-0.1, -0.05) is 0 Å². The molecule has 0 unspecified atom stereocenters. The van der Waals surface area contributed by atoms with Crippen LogP contribution < -0.4 is 21.5 Å². The van der Waals surface area contributed by atoms with Crippen molar-refractivity contribution < 1.29 is 21.5 Å². The topological polar surface area (TPSA) is 32.7 Å². The predicted octanol–water partition coefficient (Wildman–Crippen LogP) is -2.72. The number of alkyl halides is 1. The van der Waals surface area contributed by atoms with Crippen LogP contribution in [0.2, 0.25) is 0 Å². The molecule has 44 valence electrons. The Labute approximate surface area is 53.7 Å². The normalized spacial score (nSPS) is 10.1. The van der Waals surface area contributed by atoms with Gasteiger partial charge in [-0.3, -0.25) is 0 Å². The van der Waals surface area contributed by atoms with Crippen molar-refractivity contribution in [3.8, 4) is 0 Å². The molecule has 0 N–H and O–H groups in total. The predicted molar refractivity (Wildman–Crippen MR) is 24.3 cm³/mol. The monoisotopic (exact) mass is 215 g/mol. The Hall–Kier alpha value is 0.290. The fourth-order valence-electron chi connectivity index (χ4n) is 0.129. The summed E-state index contributed by atoms with van der Waals surface area (Å²) in [6.07, 6.45) is 0. The number of rotatable bonds is 3. The van der Waals surface area contributed by atoms with Crippen molar-refractivity contribution in [2.45, 2.75) is 0 Å². The van der Waals surface area contributed by atoms with E-state index in [1.165, 1.54) is 0 Å². The molecule has 0 aliphatic rings. The minimum absolute atomic E-state index is 0.417. The van der Waals surface area contributed by atoms with Gasteiger partial charge in [-0.05, 0) is 0 Å². The second kappa shape index (κ2) is 4.45. The summed E-state index contributed by atoms with van der Waals surface area (Å²) in [5.74, 6) is 0. The molecule has 0 aromatic heterocycles. The number of hydrogen-bond acceptors (Lipinski definition) is 3. The Morgan fingerprint density at radius 1 is 1.71 bits per heavy atom. The van der Waals surface area contributed by atoms with Crippen molar-refractivity contribution in [2.24, 2.45) is 3.39 Å². The molecule has 0 bridgehead atoms. The molecule has 0 aromatic carbocycles. The van der Waals surface area contributed by atoms with E-state index < -0.39 is 21.5 Å². The van der Waals surface area contributed by atoms with Gasteiger partial charge in [0.05, 0.1) is 0 Å². The van der Waals surface area contributed by atoms with Crippen LogP contribution in [0.1, 0.15) is 0 Å². The van der Waals surface area contributed by atoms with Crippen LogP contribution in [0.4, 0.5) is 0 Å². The molecule has 0 spiro atoms. The molecule has 0 atom stereocenters. The number of hydrogen-bond donors (Lipinski definition) is 0. The third-order valence-corrected chi connectivity index (χ3v) is 2.29. The van der Waals surface area contributed by atoms with Crippen molar-refractivity contribution in [3.05, 3.63) is 4.91 Å². The molecular weight excluding hydrogens is 207 g/mol. The average molecular weight is 215 g/mol. The Morgan fingerprint density at radius 3 is 2.43 bits per heavy atom. The van der Waals surface area contributed by atoms with E-state index in [2.05, 4.69) is 3.39 Å². The van der Waals surface area contributed by atoms with Gasteiger partial charge >= 0.3 is 53.3 Å². The van der Waals surface area contributed by atoms with Gasteiger partial charge in [0, 0.05) is 0 Å². The molecule has 4 heteroatoms. The summed E-state index contributed by atoms with van der Waals surface area (Å²) < 4.78 is 3.66. The molecule has 0 saturated heterocycles. The Bertz CT molecular complexity index is 56.9. The van der Waals surface area contributed by atoms with Gasteiger partial charge in [0.25, 0.3) is 0 Å². The Morgan fingerprint density at radius 2 is 2.29 bits per heavy atom. The first-order valence-corrected chi connectivity index (χ1v) is 4.32. The summed E-state index contributed by atoms with van der Waals surface area (Å²) >= 11 is -0.417. The van der Waals surface area contributed by atoms with Crippen LogP contribution in [0, 0.1) is 4.91 Å². The van der Waals surface area contributed by atoms with E-state index in [0.717, 1.165) is 4.55 Å². The maximum absolute atomic E-state index is 9.48. The summed E-state index contributed by atoms with van der Waals surface area (Å²) in [6, 6.07) is 0. The molecule has 0 heterocycles. The first-order chi connectivity index (χ1) is 3.27. The average Bonchev–Trinajstić information content (AvgIpc) is 1.61. The summed E-state index contributed by atoms with van der Waals surface area (Å²) in [4.78, 5) is 11.4. The molecular formula is C3H8IN2O-. The third kappa shape index (κ3) is 6.29. The maximum atomic E-state index is 9.48. The quantitative estimate of drug-likeness (QED) is 0.222. The molecule has 0 rings (SSSR count). The molecule has 3 nitrogen and oxygen atoms in total. The number of halogens is 1. The second-order valence-corrected chi connectivity index (χ2v) is 3.15. The Balaban J connectivity index is 2.81. The molecule has 0 aliphatic carbocycles. The molecule has 0 fully saturated rings.